The van der Waals surface area contributed by atoms with E-state index in [1.807, 2.05) is 44.4 Å². The van der Waals surface area contributed by atoms with Crippen LogP contribution in [0.25, 0.3) is 0 Å². The second kappa shape index (κ2) is 4.47. The number of rotatable bonds is 3. The molecule has 0 bridgehead atoms. The van der Waals surface area contributed by atoms with E-state index < -0.39 is 5.54 Å². The molecule has 1 atom stereocenters. The molecule has 0 saturated heterocycles. The molecular formula is C12H15ClN4. The van der Waals surface area contributed by atoms with Crippen LogP contribution in [0.3, 0.4) is 0 Å². The van der Waals surface area contributed by atoms with Crippen LogP contribution in [-0.4, -0.2) is 15.0 Å². The van der Waals surface area contributed by atoms with Crippen molar-refractivity contribution in [2.24, 2.45) is 12.8 Å². The fourth-order valence-corrected chi connectivity index (χ4v) is 1.99. The number of halogens is 1. The molecule has 5 heteroatoms. The predicted molar refractivity (Wildman–Crippen MR) is 67.7 cm³/mol. The van der Waals surface area contributed by atoms with Crippen LogP contribution in [0.15, 0.2) is 30.5 Å². The Morgan fingerprint density at radius 2 is 2.24 bits per heavy atom. The summed E-state index contributed by atoms with van der Waals surface area (Å²) in [6.07, 6.45) is 2.50. The highest BCUT2D eigenvalue weighted by Gasteiger charge is 2.23. The minimum Gasteiger partial charge on any atom is -0.321 e. The van der Waals surface area contributed by atoms with Crippen LogP contribution >= 0.6 is 11.6 Å². The Balaban J connectivity index is 2.24. The first-order valence-corrected chi connectivity index (χ1v) is 5.75. The topological polar surface area (TPSA) is 56.7 Å². The largest absolute Gasteiger partial charge is 0.321 e. The van der Waals surface area contributed by atoms with Crippen molar-refractivity contribution in [1.29, 1.82) is 0 Å². The molecule has 0 aliphatic heterocycles. The smallest absolute Gasteiger partial charge is 0.0848 e. The summed E-state index contributed by atoms with van der Waals surface area (Å²) in [6, 6.07) is 7.60. The van der Waals surface area contributed by atoms with Gasteiger partial charge in [0, 0.05) is 30.2 Å². The number of nitrogens with zero attached hydrogens (tertiary/aromatic N) is 3. The minimum atomic E-state index is -0.499. The van der Waals surface area contributed by atoms with Crippen molar-refractivity contribution >= 4 is 11.6 Å². The second-order valence-electron chi connectivity index (χ2n) is 4.49. The molecule has 90 valence electrons. The van der Waals surface area contributed by atoms with E-state index >= 15 is 0 Å². The van der Waals surface area contributed by atoms with Gasteiger partial charge < -0.3 is 5.73 Å². The minimum absolute atomic E-state index is 0.499. The Hall–Kier alpha value is -1.39. The highest BCUT2D eigenvalue weighted by molar-refractivity contribution is 6.30. The molecule has 2 N–H and O–H groups in total. The van der Waals surface area contributed by atoms with Gasteiger partial charge in [-0.25, -0.2) is 0 Å². The molecule has 4 nitrogen and oxygen atoms in total. The molecule has 1 unspecified atom stereocenters. The van der Waals surface area contributed by atoms with Gasteiger partial charge in [-0.15, -0.1) is 5.10 Å². The van der Waals surface area contributed by atoms with Crippen molar-refractivity contribution in [3.05, 3.63) is 46.7 Å². The third-order valence-electron chi connectivity index (χ3n) is 2.68. The van der Waals surface area contributed by atoms with Gasteiger partial charge in [0.15, 0.2) is 0 Å². The monoisotopic (exact) mass is 250 g/mol. The Labute approximate surface area is 105 Å². The first-order valence-electron chi connectivity index (χ1n) is 5.37. The molecule has 0 spiro atoms. The van der Waals surface area contributed by atoms with Crippen LogP contribution < -0.4 is 5.73 Å². The van der Waals surface area contributed by atoms with Crippen molar-refractivity contribution in [2.45, 2.75) is 18.9 Å². The van der Waals surface area contributed by atoms with E-state index in [4.69, 9.17) is 17.3 Å². The maximum absolute atomic E-state index is 6.31. The standard InChI is InChI=1S/C12H15ClN4/c1-12(14,7-11-8-17(2)16-15-11)9-4-3-5-10(13)6-9/h3-6,8H,7,14H2,1-2H3. The summed E-state index contributed by atoms with van der Waals surface area (Å²) in [5.74, 6) is 0. The van der Waals surface area contributed by atoms with Gasteiger partial charge in [0.2, 0.25) is 0 Å². The second-order valence-corrected chi connectivity index (χ2v) is 4.92. The summed E-state index contributed by atoms with van der Waals surface area (Å²) in [4.78, 5) is 0. The molecule has 0 aliphatic rings. The molecule has 0 aliphatic carbocycles. The van der Waals surface area contributed by atoms with E-state index in [9.17, 15) is 0 Å². The van der Waals surface area contributed by atoms with E-state index in [-0.39, 0.29) is 0 Å². The molecule has 1 aromatic heterocycles. The quantitative estimate of drug-likeness (QED) is 0.905. The number of aryl methyl sites for hydroxylation is 1. The fourth-order valence-electron chi connectivity index (χ4n) is 1.80. The number of aromatic nitrogens is 3. The van der Waals surface area contributed by atoms with Crippen molar-refractivity contribution in [2.75, 3.05) is 0 Å². The zero-order valence-corrected chi connectivity index (χ0v) is 10.6. The molecular weight excluding hydrogens is 236 g/mol. The van der Waals surface area contributed by atoms with Gasteiger partial charge in [-0.3, -0.25) is 4.68 Å². The van der Waals surface area contributed by atoms with E-state index in [0.717, 1.165) is 11.3 Å². The first-order chi connectivity index (χ1) is 7.97. The molecule has 0 amide bonds. The maximum atomic E-state index is 6.31. The molecule has 2 rings (SSSR count). The third kappa shape index (κ3) is 2.84. The van der Waals surface area contributed by atoms with Gasteiger partial charge in [0.05, 0.1) is 5.69 Å². The van der Waals surface area contributed by atoms with E-state index in [1.54, 1.807) is 4.68 Å². The van der Waals surface area contributed by atoms with Gasteiger partial charge >= 0.3 is 0 Å². The van der Waals surface area contributed by atoms with Crippen molar-refractivity contribution in [1.82, 2.24) is 15.0 Å². The van der Waals surface area contributed by atoms with Crippen molar-refractivity contribution < 1.29 is 0 Å². The van der Waals surface area contributed by atoms with Gasteiger partial charge in [-0.2, -0.15) is 0 Å². The van der Waals surface area contributed by atoms with Crippen LogP contribution in [0, 0.1) is 0 Å². The Morgan fingerprint density at radius 3 is 2.82 bits per heavy atom. The summed E-state index contributed by atoms with van der Waals surface area (Å²) in [5.41, 5.74) is 7.68. The van der Waals surface area contributed by atoms with Crippen molar-refractivity contribution in [3.63, 3.8) is 0 Å². The highest BCUT2D eigenvalue weighted by Crippen LogP contribution is 2.24. The van der Waals surface area contributed by atoms with Gasteiger partial charge in [-0.05, 0) is 24.6 Å². The fraction of sp³-hybridized carbons (Fsp3) is 0.333. The van der Waals surface area contributed by atoms with Gasteiger partial charge in [0.25, 0.3) is 0 Å². The molecule has 0 radical (unpaired) electrons. The van der Waals surface area contributed by atoms with Crippen LogP contribution in [0.1, 0.15) is 18.2 Å². The number of benzene rings is 1. The molecule has 0 saturated carbocycles. The number of nitrogens with two attached hydrogens (primary N) is 1. The molecule has 0 fully saturated rings. The third-order valence-corrected chi connectivity index (χ3v) is 2.92. The van der Waals surface area contributed by atoms with Gasteiger partial charge in [0.1, 0.15) is 0 Å². The Morgan fingerprint density at radius 1 is 1.47 bits per heavy atom. The Kier molecular flexibility index (Phi) is 3.17. The highest BCUT2D eigenvalue weighted by atomic mass is 35.5. The van der Waals surface area contributed by atoms with Crippen molar-refractivity contribution in [3.8, 4) is 0 Å². The van der Waals surface area contributed by atoms with E-state index in [2.05, 4.69) is 10.3 Å². The Bertz CT molecular complexity index is 519. The van der Waals surface area contributed by atoms with E-state index in [0.29, 0.717) is 11.4 Å². The lowest BCUT2D eigenvalue weighted by atomic mass is 9.89. The number of hydrogen-bond donors (Lipinski definition) is 1. The van der Waals surface area contributed by atoms with Gasteiger partial charge in [-0.1, -0.05) is 28.9 Å². The normalized spacial score (nSPS) is 14.6. The lowest BCUT2D eigenvalue weighted by molar-refractivity contribution is 0.485. The lowest BCUT2D eigenvalue weighted by Crippen LogP contribution is -2.35. The summed E-state index contributed by atoms with van der Waals surface area (Å²) < 4.78 is 1.67. The zero-order chi connectivity index (χ0) is 12.5. The van der Waals surface area contributed by atoms with Crippen LogP contribution in [-0.2, 0) is 19.0 Å². The molecule has 17 heavy (non-hydrogen) atoms. The zero-order valence-electron chi connectivity index (χ0n) is 9.89. The van der Waals surface area contributed by atoms with Crippen LogP contribution in [0.4, 0.5) is 0 Å². The predicted octanol–water partition coefficient (Wildman–Crippen LogP) is 1.89. The average molecular weight is 251 g/mol. The summed E-state index contributed by atoms with van der Waals surface area (Å²) >= 11 is 5.97. The molecule has 1 heterocycles. The summed E-state index contributed by atoms with van der Waals surface area (Å²) in [6.45, 7) is 1.97. The first kappa shape index (κ1) is 12.1. The van der Waals surface area contributed by atoms with Crippen LogP contribution in [0.2, 0.25) is 5.02 Å². The molecule has 2 aromatic rings. The maximum Gasteiger partial charge on any atom is 0.0848 e. The van der Waals surface area contributed by atoms with E-state index in [1.165, 1.54) is 0 Å². The van der Waals surface area contributed by atoms with Crippen LogP contribution in [0.5, 0.6) is 0 Å². The lowest BCUT2D eigenvalue weighted by Gasteiger charge is -2.24. The number of hydrogen-bond acceptors (Lipinski definition) is 3. The summed E-state index contributed by atoms with van der Waals surface area (Å²) in [5, 5.41) is 8.64. The SMILES string of the molecule is Cn1cc(CC(C)(N)c2cccc(Cl)c2)nn1. The molecule has 1 aromatic carbocycles. The average Bonchev–Trinajstić information content (AvgIpc) is 2.63. The summed E-state index contributed by atoms with van der Waals surface area (Å²) in [7, 11) is 1.84.